The van der Waals surface area contributed by atoms with Gasteiger partial charge in [-0.1, -0.05) is 72.8 Å². The van der Waals surface area contributed by atoms with Crippen molar-refractivity contribution in [3.05, 3.63) is 125 Å². The van der Waals surface area contributed by atoms with E-state index in [1.807, 2.05) is 48.5 Å². The Morgan fingerprint density at radius 2 is 1.53 bits per heavy atom. The minimum absolute atomic E-state index is 0.00392. The summed E-state index contributed by atoms with van der Waals surface area (Å²) in [5.41, 5.74) is 15.1. The van der Waals surface area contributed by atoms with E-state index in [0.717, 1.165) is 16.7 Å². The second-order valence-electron chi connectivity index (χ2n) is 7.92. The Morgan fingerprint density at radius 1 is 0.882 bits per heavy atom. The molecule has 1 aromatic heterocycles. The summed E-state index contributed by atoms with van der Waals surface area (Å²) in [7, 11) is 0. The van der Waals surface area contributed by atoms with Gasteiger partial charge in [0.15, 0.2) is 11.5 Å². The zero-order valence-corrected chi connectivity index (χ0v) is 18.5. The van der Waals surface area contributed by atoms with Crippen LogP contribution >= 0.6 is 0 Å². The van der Waals surface area contributed by atoms with Crippen LogP contribution in [0.25, 0.3) is 0 Å². The van der Waals surface area contributed by atoms with Crippen LogP contribution < -0.4 is 16.8 Å². The maximum atomic E-state index is 13.0. The van der Waals surface area contributed by atoms with Crippen LogP contribution in [0.3, 0.4) is 0 Å². The number of nitrogen functional groups attached to an aromatic ring is 1. The summed E-state index contributed by atoms with van der Waals surface area (Å²) in [6.45, 7) is 0.461. The first-order valence-corrected chi connectivity index (χ1v) is 10.9. The van der Waals surface area contributed by atoms with Crippen molar-refractivity contribution in [3.8, 4) is 0 Å². The fourth-order valence-corrected chi connectivity index (χ4v) is 3.83. The molecular weight excluding hydrogens is 426 g/mol. The van der Waals surface area contributed by atoms with E-state index in [4.69, 9.17) is 11.5 Å². The first-order chi connectivity index (χ1) is 16.5. The number of nitrogens with two attached hydrogens (primary N) is 2. The van der Waals surface area contributed by atoms with Crippen LogP contribution in [-0.2, 0) is 6.42 Å². The lowest BCUT2D eigenvalue weighted by Crippen LogP contribution is -2.29. The van der Waals surface area contributed by atoms with Crippen LogP contribution in [-0.4, -0.2) is 28.3 Å². The average Bonchev–Trinajstić information content (AvgIpc) is 2.86. The molecule has 0 aliphatic heterocycles. The van der Waals surface area contributed by atoms with Gasteiger partial charge < -0.3 is 16.8 Å². The zero-order valence-electron chi connectivity index (χ0n) is 18.5. The first-order valence-electron chi connectivity index (χ1n) is 10.9. The molecule has 5 N–H and O–H groups in total. The first kappa shape index (κ1) is 22.7. The Balaban J connectivity index is 1.49. The fourth-order valence-electron chi connectivity index (χ4n) is 3.83. The van der Waals surface area contributed by atoms with Gasteiger partial charge in [-0.15, -0.1) is 0 Å². The van der Waals surface area contributed by atoms with E-state index in [-0.39, 0.29) is 23.3 Å². The predicted octanol–water partition coefficient (Wildman–Crippen LogP) is 3.31. The molecule has 3 aromatic carbocycles. The number of nitrogens with one attached hydrogen (secondary N) is 1. The molecule has 7 nitrogen and oxygen atoms in total. The summed E-state index contributed by atoms with van der Waals surface area (Å²) >= 11 is 0. The molecule has 4 aromatic rings. The summed E-state index contributed by atoms with van der Waals surface area (Å²) in [6, 6.07) is 27.5. The third kappa shape index (κ3) is 5.45. The number of hydrogen-bond acceptors (Lipinski definition) is 5. The van der Waals surface area contributed by atoms with Crippen molar-refractivity contribution in [2.75, 3.05) is 12.3 Å². The Morgan fingerprint density at radius 3 is 2.15 bits per heavy atom. The van der Waals surface area contributed by atoms with E-state index in [9.17, 15) is 9.59 Å². The summed E-state index contributed by atoms with van der Waals surface area (Å²) in [4.78, 5) is 32.7. The number of amides is 2. The van der Waals surface area contributed by atoms with Crippen molar-refractivity contribution in [1.29, 1.82) is 0 Å². The molecule has 7 heteroatoms. The largest absolute Gasteiger partial charge is 0.382 e. The lowest BCUT2D eigenvalue weighted by atomic mass is 9.91. The van der Waals surface area contributed by atoms with Crippen molar-refractivity contribution < 1.29 is 9.59 Å². The molecule has 1 heterocycles. The average molecular weight is 452 g/mol. The molecule has 0 radical (unpaired) electrons. The van der Waals surface area contributed by atoms with E-state index in [2.05, 4.69) is 39.6 Å². The Kier molecular flexibility index (Phi) is 6.93. The van der Waals surface area contributed by atoms with Crippen LogP contribution in [0, 0.1) is 0 Å². The Bertz CT molecular complexity index is 1250. The third-order valence-electron chi connectivity index (χ3n) is 5.53. The molecule has 0 saturated heterocycles. The molecule has 0 atom stereocenters. The normalized spacial score (nSPS) is 10.7. The van der Waals surface area contributed by atoms with Crippen molar-refractivity contribution >= 4 is 17.6 Å². The van der Waals surface area contributed by atoms with Crippen LogP contribution in [0.2, 0.25) is 0 Å². The topological polar surface area (TPSA) is 124 Å². The zero-order chi connectivity index (χ0) is 23.9. The molecule has 34 heavy (non-hydrogen) atoms. The van der Waals surface area contributed by atoms with Crippen molar-refractivity contribution in [3.63, 3.8) is 0 Å². The molecule has 0 fully saturated rings. The summed E-state index contributed by atoms with van der Waals surface area (Å²) in [6.07, 6.45) is 1.88. The van der Waals surface area contributed by atoms with E-state index in [1.54, 1.807) is 12.1 Å². The minimum atomic E-state index is -0.730. The van der Waals surface area contributed by atoms with Crippen LogP contribution in [0.4, 0.5) is 5.82 Å². The smallest absolute Gasteiger partial charge is 0.271 e. The lowest BCUT2D eigenvalue weighted by molar-refractivity contribution is 0.0951. The number of carbonyl (C=O) groups is 2. The molecule has 170 valence electrons. The second kappa shape index (κ2) is 10.4. The monoisotopic (exact) mass is 451 g/mol. The molecule has 2 amide bonds. The molecule has 0 unspecified atom stereocenters. The molecule has 0 aliphatic carbocycles. The van der Waals surface area contributed by atoms with Crippen LogP contribution in [0.1, 0.15) is 49.1 Å². The van der Waals surface area contributed by atoms with Gasteiger partial charge in [0, 0.05) is 24.4 Å². The number of primary amides is 1. The van der Waals surface area contributed by atoms with E-state index < -0.39 is 5.91 Å². The second-order valence-corrected chi connectivity index (χ2v) is 7.92. The molecule has 0 aliphatic rings. The van der Waals surface area contributed by atoms with Gasteiger partial charge in [0.05, 0.1) is 11.9 Å². The van der Waals surface area contributed by atoms with E-state index in [0.29, 0.717) is 24.2 Å². The number of anilines is 1. The number of carbonyl (C=O) groups excluding carboxylic acids is 2. The molecular formula is C27H25N5O2. The highest BCUT2D eigenvalue weighted by atomic mass is 16.2. The highest BCUT2D eigenvalue weighted by Crippen LogP contribution is 2.24. The number of benzene rings is 3. The van der Waals surface area contributed by atoms with Crippen molar-refractivity contribution in [1.82, 2.24) is 15.3 Å². The summed E-state index contributed by atoms with van der Waals surface area (Å²) in [5.74, 6) is -0.867. The summed E-state index contributed by atoms with van der Waals surface area (Å²) < 4.78 is 0. The predicted molar refractivity (Wildman–Crippen MR) is 131 cm³/mol. The van der Waals surface area contributed by atoms with Crippen LogP contribution in [0.5, 0.6) is 0 Å². The van der Waals surface area contributed by atoms with Gasteiger partial charge in [0.2, 0.25) is 0 Å². The van der Waals surface area contributed by atoms with Gasteiger partial charge in [0.25, 0.3) is 11.8 Å². The standard InChI is InChI=1S/C27H25N5O2/c28-25-24(26(29)33)32-22(16-30-25)15-18-8-7-13-21(14-18)27(34)31-17-23(19-9-3-1-4-10-19)20-11-5-2-6-12-20/h1-14,16,23H,15,17H2,(H2,28,30)(H2,29,33)(H,31,34). The Labute approximate surface area is 197 Å². The minimum Gasteiger partial charge on any atom is -0.382 e. The third-order valence-corrected chi connectivity index (χ3v) is 5.53. The van der Waals surface area contributed by atoms with Gasteiger partial charge >= 0.3 is 0 Å². The highest BCUT2D eigenvalue weighted by molar-refractivity contribution is 5.95. The van der Waals surface area contributed by atoms with Crippen molar-refractivity contribution in [2.45, 2.75) is 12.3 Å². The van der Waals surface area contributed by atoms with Gasteiger partial charge in [-0.3, -0.25) is 9.59 Å². The number of nitrogens with zero attached hydrogens (tertiary/aromatic N) is 2. The molecule has 0 bridgehead atoms. The number of aromatic nitrogens is 2. The van der Waals surface area contributed by atoms with Crippen molar-refractivity contribution in [2.24, 2.45) is 5.73 Å². The van der Waals surface area contributed by atoms with Gasteiger partial charge in [-0.2, -0.15) is 0 Å². The molecule has 0 spiro atoms. The number of hydrogen-bond donors (Lipinski definition) is 3. The number of rotatable bonds is 8. The Hall–Kier alpha value is -4.52. The van der Waals surface area contributed by atoms with Gasteiger partial charge in [-0.25, -0.2) is 9.97 Å². The summed E-state index contributed by atoms with van der Waals surface area (Å²) in [5, 5.41) is 3.07. The van der Waals surface area contributed by atoms with Crippen LogP contribution in [0.15, 0.2) is 91.1 Å². The maximum absolute atomic E-state index is 13.0. The quantitative estimate of drug-likeness (QED) is 0.379. The molecule has 0 saturated carbocycles. The van der Waals surface area contributed by atoms with Gasteiger partial charge in [0.1, 0.15) is 0 Å². The lowest BCUT2D eigenvalue weighted by Gasteiger charge is -2.19. The van der Waals surface area contributed by atoms with E-state index in [1.165, 1.54) is 6.20 Å². The highest BCUT2D eigenvalue weighted by Gasteiger charge is 2.16. The maximum Gasteiger partial charge on any atom is 0.271 e. The SMILES string of the molecule is NC(=O)c1nc(Cc2cccc(C(=O)NCC(c3ccccc3)c3ccccc3)c2)cnc1N. The molecule has 4 rings (SSSR count). The van der Waals surface area contributed by atoms with E-state index >= 15 is 0 Å². The van der Waals surface area contributed by atoms with Gasteiger partial charge in [-0.05, 0) is 28.8 Å². The fraction of sp³-hybridized carbons (Fsp3) is 0.111.